The lowest BCUT2D eigenvalue weighted by Crippen LogP contribution is -2.51. The van der Waals surface area contributed by atoms with Gasteiger partial charge in [0.05, 0.1) is 11.6 Å². The molecule has 148 valence electrons. The molecule has 2 atom stereocenters. The first-order valence-corrected chi connectivity index (χ1v) is 9.28. The Bertz CT molecular complexity index is 710. The molecule has 4 N–H and O–H groups in total. The van der Waals surface area contributed by atoms with Crippen LogP contribution in [-0.4, -0.2) is 41.9 Å². The van der Waals surface area contributed by atoms with Crippen molar-refractivity contribution in [2.45, 2.75) is 45.6 Å². The summed E-state index contributed by atoms with van der Waals surface area (Å²) in [4.78, 5) is 37.5. The van der Waals surface area contributed by atoms with Crippen LogP contribution in [0.2, 0.25) is 0 Å². The third-order valence-electron chi connectivity index (χ3n) is 4.84. The second-order valence-corrected chi connectivity index (χ2v) is 6.91. The third-order valence-corrected chi connectivity index (χ3v) is 4.84. The second-order valence-electron chi connectivity index (χ2n) is 6.91. The molecule has 2 unspecified atom stereocenters. The van der Waals surface area contributed by atoms with E-state index < -0.39 is 17.8 Å². The summed E-state index contributed by atoms with van der Waals surface area (Å²) in [6, 6.07) is 3.11. The van der Waals surface area contributed by atoms with E-state index in [0.717, 1.165) is 18.9 Å². The van der Waals surface area contributed by atoms with Gasteiger partial charge in [-0.15, -0.1) is 0 Å². The quantitative estimate of drug-likeness (QED) is 0.662. The minimum atomic E-state index is -0.742. The standard InChI is InChI=1S/C19H27FN4O3/c1-3-4-9-22-18(26)14-6-5-12(2)24(11-14)19(27)23-16-8-7-13(17(21)25)10-15(16)20/h7-8,10,12,14H,3-6,9,11H2,1-2H3,(H2,21,25)(H,22,26)(H,23,27). The van der Waals surface area contributed by atoms with Gasteiger partial charge in [-0.05, 0) is 44.4 Å². The normalized spacial score (nSPS) is 19.4. The van der Waals surface area contributed by atoms with E-state index >= 15 is 0 Å². The molecule has 27 heavy (non-hydrogen) atoms. The predicted molar refractivity (Wildman–Crippen MR) is 101 cm³/mol. The summed E-state index contributed by atoms with van der Waals surface area (Å²) in [5.74, 6) is -1.80. The number of carbonyl (C=O) groups excluding carboxylic acids is 3. The molecule has 7 nitrogen and oxygen atoms in total. The van der Waals surface area contributed by atoms with Crippen LogP contribution in [0, 0.1) is 11.7 Å². The monoisotopic (exact) mass is 378 g/mol. The zero-order valence-corrected chi connectivity index (χ0v) is 15.8. The van der Waals surface area contributed by atoms with Crippen molar-refractivity contribution in [3.05, 3.63) is 29.6 Å². The summed E-state index contributed by atoms with van der Waals surface area (Å²) in [6.07, 6.45) is 3.32. The molecular formula is C19H27FN4O3. The van der Waals surface area contributed by atoms with Crippen LogP contribution in [0.5, 0.6) is 0 Å². The maximum Gasteiger partial charge on any atom is 0.322 e. The van der Waals surface area contributed by atoms with E-state index in [1.54, 1.807) is 4.90 Å². The number of likely N-dealkylation sites (tertiary alicyclic amines) is 1. The maximum absolute atomic E-state index is 14.1. The molecule has 1 saturated heterocycles. The number of rotatable bonds is 6. The van der Waals surface area contributed by atoms with E-state index in [1.165, 1.54) is 12.1 Å². The van der Waals surface area contributed by atoms with Crippen molar-refractivity contribution in [3.8, 4) is 0 Å². The lowest BCUT2D eigenvalue weighted by Gasteiger charge is -2.37. The van der Waals surface area contributed by atoms with Gasteiger partial charge in [-0.3, -0.25) is 9.59 Å². The van der Waals surface area contributed by atoms with Crippen LogP contribution in [0.15, 0.2) is 18.2 Å². The van der Waals surface area contributed by atoms with Crippen LogP contribution in [0.4, 0.5) is 14.9 Å². The van der Waals surface area contributed by atoms with Crippen LogP contribution in [0.1, 0.15) is 49.9 Å². The van der Waals surface area contributed by atoms with E-state index in [0.29, 0.717) is 19.4 Å². The molecule has 1 fully saturated rings. The molecule has 1 aromatic rings. The number of unbranched alkanes of at least 4 members (excludes halogenated alkanes) is 1. The first kappa shape index (κ1) is 20.7. The van der Waals surface area contributed by atoms with Gasteiger partial charge in [-0.1, -0.05) is 13.3 Å². The number of nitrogens with two attached hydrogens (primary N) is 1. The van der Waals surface area contributed by atoms with Crippen LogP contribution in [0.25, 0.3) is 0 Å². The Morgan fingerprint density at radius 3 is 2.67 bits per heavy atom. The largest absolute Gasteiger partial charge is 0.366 e. The van der Waals surface area contributed by atoms with E-state index in [4.69, 9.17) is 5.73 Å². The summed E-state index contributed by atoms with van der Waals surface area (Å²) in [6.45, 7) is 4.86. The summed E-state index contributed by atoms with van der Waals surface area (Å²) in [7, 11) is 0. The molecular weight excluding hydrogens is 351 g/mol. The van der Waals surface area contributed by atoms with Crippen LogP contribution in [0.3, 0.4) is 0 Å². The Morgan fingerprint density at radius 2 is 2.04 bits per heavy atom. The van der Waals surface area contributed by atoms with Gasteiger partial charge < -0.3 is 21.3 Å². The number of carbonyl (C=O) groups is 3. The smallest absolute Gasteiger partial charge is 0.322 e. The first-order chi connectivity index (χ1) is 12.8. The molecule has 1 aliphatic heterocycles. The van der Waals surface area contributed by atoms with Crippen molar-refractivity contribution in [1.29, 1.82) is 0 Å². The highest BCUT2D eigenvalue weighted by molar-refractivity contribution is 5.94. The highest BCUT2D eigenvalue weighted by Crippen LogP contribution is 2.24. The molecule has 0 saturated carbocycles. The molecule has 0 spiro atoms. The topological polar surface area (TPSA) is 105 Å². The summed E-state index contributed by atoms with van der Waals surface area (Å²) in [5, 5.41) is 5.42. The average Bonchev–Trinajstić information content (AvgIpc) is 2.63. The molecule has 0 aromatic heterocycles. The number of urea groups is 1. The van der Waals surface area contributed by atoms with Gasteiger partial charge in [0.1, 0.15) is 5.82 Å². The fraction of sp³-hybridized carbons (Fsp3) is 0.526. The number of benzene rings is 1. The van der Waals surface area contributed by atoms with Crippen molar-refractivity contribution in [2.75, 3.05) is 18.4 Å². The van der Waals surface area contributed by atoms with Gasteiger partial charge in [0.25, 0.3) is 0 Å². The summed E-state index contributed by atoms with van der Waals surface area (Å²) in [5.41, 5.74) is 5.11. The number of anilines is 1. The first-order valence-electron chi connectivity index (χ1n) is 9.28. The zero-order chi connectivity index (χ0) is 20.0. The molecule has 4 amide bonds. The van der Waals surface area contributed by atoms with Crippen molar-refractivity contribution in [1.82, 2.24) is 10.2 Å². The van der Waals surface area contributed by atoms with Crippen molar-refractivity contribution < 1.29 is 18.8 Å². The Labute approximate surface area is 158 Å². The maximum atomic E-state index is 14.1. The van der Waals surface area contributed by atoms with Crippen molar-refractivity contribution in [2.24, 2.45) is 11.7 Å². The Hall–Kier alpha value is -2.64. The third kappa shape index (κ3) is 5.42. The van der Waals surface area contributed by atoms with Gasteiger partial charge in [0.2, 0.25) is 11.8 Å². The fourth-order valence-electron chi connectivity index (χ4n) is 3.09. The zero-order valence-electron chi connectivity index (χ0n) is 15.8. The molecule has 1 aliphatic rings. The Morgan fingerprint density at radius 1 is 1.30 bits per heavy atom. The number of primary amides is 1. The molecule has 1 heterocycles. The minimum absolute atomic E-state index is 0.0284. The van der Waals surface area contributed by atoms with E-state index in [1.807, 2.05) is 6.92 Å². The van der Waals surface area contributed by atoms with Gasteiger partial charge >= 0.3 is 6.03 Å². The number of halogens is 1. The Balaban J connectivity index is 2.01. The van der Waals surface area contributed by atoms with Crippen LogP contribution < -0.4 is 16.4 Å². The van der Waals surface area contributed by atoms with Crippen LogP contribution in [-0.2, 0) is 4.79 Å². The predicted octanol–water partition coefficient (Wildman–Crippen LogP) is 2.47. The minimum Gasteiger partial charge on any atom is -0.366 e. The number of hydrogen-bond acceptors (Lipinski definition) is 3. The lowest BCUT2D eigenvalue weighted by molar-refractivity contribution is -0.126. The SMILES string of the molecule is CCCCNC(=O)C1CCC(C)N(C(=O)Nc2ccc(C(N)=O)cc2F)C1. The van der Waals surface area contributed by atoms with Gasteiger partial charge in [-0.2, -0.15) is 0 Å². The highest BCUT2D eigenvalue weighted by Gasteiger charge is 2.32. The molecule has 0 bridgehead atoms. The molecule has 0 aliphatic carbocycles. The van der Waals surface area contributed by atoms with E-state index in [9.17, 15) is 18.8 Å². The van der Waals surface area contributed by atoms with E-state index in [-0.39, 0.29) is 35.7 Å². The number of nitrogens with one attached hydrogen (secondary N) is 2. The molecule has 1 aromatic carbocycles. The van der Waals surface area contributed by atoms with Gasteiger partial charge in [-0.25, -0.2) is 9.18 Å². The summed E-state index contributed by atoms with van der Waals surface area (Å²) < 4.78 is 14.1. The van der Waals surface area contributed by atoms with Crippen LogP contribution >= 0.6 is 0 Å². The van der Waals surface area contributed by atoms with E-state index in [2.05, 4.69) is 17.6 Å². The fourth-order valence-corrected chi connectivity index (χ4v) is 3.09. The Kier molecular flexibility index (Phi) is 7.15. The molecule has 2 rings (SSSR count). The average molecular weight is 378 g/mol. The number of amides is 4. The highest BCUT2D eigenvalue weighted by atomic mass is 19.1. The van der Waals surface area contributed by atoms with Crippen molar-refractivity contribution >= 4 is 23.5 Å². The van der Waals surface area contributed by atoms with Gasteiger partial charge in [0, 0.05) is 24.7 Å². The number of nitrogens with zero attached hydrogens (tertiary/aromatic N) is 1. The second kappa shape index (κ2) is 9.34. The molecule has 8 heteroatoms. The van der Waals surface area contributed by atoms with Gasteiger partial charge in [0.15, 0.2) is 0 Å². The lowest BCUT2D eigenvalue weighted by atomic mass is 9.93. The molecule has 0 radical (unpaired) electrons. The number of hydrogen-bond donors (Lipinski definition) is 3. The van der Waals surface area contributed by atoms with Crippen molar-refractivity contribution in [3.63, 3.8) is 0 Å². The number of piperidine rings is 1. The summed E-state index contributed by atoms with van der Waals surface area (Å²) >= 11 is 0.